The number of amides is 1. The smallest absolute Gasteiger partial charge is 0.224 e. The van der Waals surface area contributed by atoms with Crippen molar-refractivity contribution in [1.82, 2.24) is 0 Å². The molecule has 100 valence electrons. The molecule has 1 aliphatic heterocycles. The molecule has 3 heteroatoms. The van der Waals surface area contributed by atoms with Crippen LogP contribution in [0.25, 0.3) is 0 Å². The Kier molecular flexibility index (Phi) is 3.36. The monoisotopic (exact) mass is 257 g/mol. The van der Waals surface area contributed by atoms with Crippen molar-refractivity contribution in [2.24, 2.45) is 5.92 Å². The molecule has 0 atom stereocenters. The number of ketones is 1. The molecule has 1 heterocycles. The first-order chi connectivity index (χ1) is 9.24. The Morgan fingerprint density at radius 3 is 2.68 bits per heavy atom. The first kappa shape index (κ1) is 12.4. The van der Waals surface area contributed by atoms with Gasteiger partial charge in [-0.15, -0.1) is 0 Å². The van der Waals surface area contributed by atoms with Gasteiger partial charge in [0, 0.05) is 23.6 Å². The van der Waals surface area contributed by atoms with Crippen molar-refractivity contribution in [1.29, 1.82) is 0 Å². The van der Waals surface area contributed by atoms with E-state index in [-0.39, 0.29) is 11.8 Å². The zero-order valence-electron chi connectivity index (χ0n) is 11.1. The zero-order valence-corrected chi connectivity index (χ0v) is 11.1. The van der Waals surface area contributed by atoms with Crippen molar-refractivity contribution >= 4 is 17.4 Å². The molecular weight excluding hydrogens is 238 g/mol. The van der Waals surface area contributed by atoms with E-state index in [1.54, 1.807) is 0 Å². The van der Waals surface area contributed by atoms with Gasteiger partial charge in [-0.3, -0.25) is 9.59 Å². The van der Waals surface area contributed by atoms with Gasteiger partial charge in [0.2, 0.25) is 5.91 Å². The highest BCUT2D eigenvalue weighted by atomic mass is 16.1. The van der Waals surface area contributed by atoms with Gasteiger partial charge >= 0.3 is 0 Å². The van der Waals surface area contributed by atoms with Crippen LogP contribution in [-0.4, -0.2) is 11.7 Å². The second-order valence-electron chi connectivity index (χ2n) is 5.62. The van der Waals surface area contributed by atoms with Crippen LogP contribution >= 0.6 is 0 Å². The van der Waals surface area contributed by atoms with Crippen LogP contribution < -0.4 is 5.32 Å². The fourth-order valence-electron chi connectivity index (χ4n) is 3.14. The average Bonchev–Trinajstić information content (AvgIpc) is 2.47. The number of hydrogen-bond acceptors (Lipinski definition) is 2. The number of aryl methyl sites for hydroxylation is 1. The predicted octanol–water partition coefficient (Wildman–Crippen LogP) is 3.33. The number of fused-ring (bicyclic) bond motifs is 1. The molecule has 3 nitrogen and oxygen atoms in total. The van der Waals surface area contributed by atoms with Crippen molar-refractivity contribution in [3.63, 3.8) is 0 Å². The van der Waals surface area contributed by atoms with Crippen molar-refractivity contribution < 1.29 is 9.59 Å². The number of benzene rings is 1. The number of hydrogen-bond donors (Lipinski definition) is 1. The molecule has 1 aromatic rings. The van der Waals surface area contributed by atoms with E-state index >= 15 is 0 Å². The summed E-state index contributed by atoms with van der Waals surface area (Å²) < 4.78 is 0. The first-order valence-electron chi connectivity index (χ1n) is 7.21. The number of carbonyl (C=O) groups is 2. The third-order valence-corrected chi connectivity index (χ3v) is 4.26. The lowest BCUT2D eigenvalue weighted by atomic mass is 9.83. The highest BCUT2D eigenvalue weighted by molar-refractivity contribution is 6.00. The Morgan fingerprint density at radius 2 is 1.89 bits per heavy atom. The largest absolute Gasteiger partial charge is 0.326 e. The molecule has 19 heavy (non-hydrogen) atoms. The number of carbonyl (C=O) groups excluding carboxylic acids is 2. The molecule has 0 aromatic heterocycles. The molecule has 1 aromatic carbocycles. The Labute approximate surface area is 113 Å². The Hall–Kier alpha value is -1.64. The summed E-state index contributed by atoms with van der Waals surface area (Å²) in [5, 5.41) is 2.86. The number of anilines is 1. The van der Waals surface area contributed by atoms with E-state index in [9.17, 15) is 9.59 Å². The van der Waals surface area contributed by atoms with Gasteiger partial charge in [0.15, 0.2) is 5.78 Å². The lowest BCUT2D eigenvalue weighted by Crippen LogP contribution is -2.21. The van der Waals surface area contributed by atoms with E-state index in [2.05, 4.69) is 5.32 Å². The summed E-state index contributed by atoms with van der Waals surface area (Å²) in [6.45, 7) is 0. The van der Waals surface area contributed by atoms with Gasteiger partial charge in [0.25, 0.3) is 0 Å². The van der Waals surface area contributed by atoms with E-state index in [1.165, 1.54) is 19.3 Å². The molecule has 1 aliphatic carbocycles. The number of nitrogens with one attached hydrogen (secondary N) is 1. The lowest BCUT2D eigenvalue weighted by molar-refractivity contribution is -0.116. The Balaban J connectivity index is 1.81. The van der Waals surface area contributed by atoms with Crippen LogP contribution in [0.5, 0.6) is 0 Å². The minimum absolute atomic E-state index is 0.0684. The maximum atomic E-state index is 12.5. The van der Waals surface area contributed by atoms with Crippen LogP contribution in [0.4, 0.5) is 5.69 Å². The maximum absolute atomic E-state index is 12.5. The van der Waals surface area contributed by atoms with Crippen LogP contribution in [0.3, 0.4) is 0 Å². The molecule has 1 N–H and O–H groups in total. The molecule has 0 spiro atoms. The molecule has 0 bridgehead atoms. The highest BCUT2D eigenvalue weighted by Gasteiger charge is 2.23. The minimum Gasteiger partial charge on any atom is -0.326 e. The second kappa shape index (κ2) is 5.16. The first-order valence-corrected chi connectivity index (χ1v) is 7.21. The van der Waals surface area contributed by atoms with Gasteiger partial charge in [0.1, 0.15) is 0 Å². The predicted molar refractivity (Wildman–Crippen MR) is 74.3 cm³/mol. The van der Waals surface area contributed by atoms with E-state index in [0.29, 0.717) is 12.2 Å². The van der Waals surface area contributed by atoms with E-state index in [1.807, 2.05) is 18.2 Å². The van der Waals surface area contributed by atoms with Gasteiger partial charge < -0.3 is 5.32 Å². The molecular formula is C16H19NO2. The van der Waals surface area contributed by atoms with E-state index in [4.69, 9.17) is 0 Å². The summed E-state index contributed by atoms with van der Waals surface area (Å²) in [5.41, 5.74) is 2.79. The van der Waals surface area contributed by atoms with Crippen molar-refractivity contribution in [3.8, 4) is 0 Å². The number of rotatable bonds is 2. The normalized spacial score (nSPS) is 19.7. The van der Waals surface area contributed by atoms with Gasteiger partial charge in [-0.1, -0.05) is 19.3 Å². The molecule has 0 unspecified atom stereocenters. The lowest BCUT2D eigenvalue weighted by Gasteiger charge is -2.22. The molecule has 2 aliphatic rings. The van der Waals surface area contributed by atoms with Gasteiger partial charge in [-0.25, -0.2) is 0 Å². The summed E-state index contributed by atoms with van der Waals surface area (Å²) in [5.74, 6) is 0.572. The average molecular weight is 257 g/mol. The standard InChI is InChI=1S/C16H19NO2/c18-15-9-7-12-10-13(6-8-14(12)17-15)16(19)11-4-2-1-3-5-11/h6,8,10-11H,1-5,7,9H2,(H,17,18). The molecule has 1 fully saturated rings. The van der Waals surface area contributed by atoms with Gasteiger partial charge in [-0.2, -0.15) is 0 Å². The highest BCUT2D eigenvalue weighted by Crippen LogP contribution is 2.29. The van der Waals surface area contributed by atoms with Gasteiger partial charge in [-0.05, 0) is 43.0 Å². The summed E-state index contributed by atoms with van der Waals surface area (Å²) in [6.07, 6.45) is 6.95. The molecule has 0 saturated heterocycles. The number of Topliss-reactive ketones (excluding diaryl/α,β-unsaturated/α-hetero) is 1. The van der Waals surface area contributed by atoms with Crippen molar-refractivity contribution in [2.45, 2.75) is 44.9 Å². The molecule has 1 amide bonds. The molecule has 1 saturated carbocycles. The second-order valence-corrected chi connectivity index (χ2v) is 5.62. The summed E-state index contributed by atoms with van der Waals surface area (Å²) in [4.78, 5) is 23.8. The third kappa shape index (κ3) is 2.55. The third-order valence-electron chi connectivity index (χ3n) is 4.26. The Bertz CT molecular complexity index is 515. The fraction of sp³-hybridized carbons (Fsp3) is 0.500. The summed E-state index contributed by atoms with van der Waals surface area (Å²) in [6, 6.07) is 5.72. The molecule has 0 radical (unpaired) electrons. The van der Waals surface area contributed by atoms with Crippen molar-refractivity contribution in [3.05, 3.63) is 29.3 Å². The van der Waals surface area contributed by atoms with Crippen LogP contribution in [-0.2, 0) is 11.2 Å². The SMILES string of the molecule is O=C1CCc2cc(C(=O)C3CCCCC3)ccc2N1. The zero-order chi connectivity index (χ0) is 13.2. The quantitative estimate of drug-likeness (QED) is 0.826. The summed E-state index contributed by atoms with van der Waals surface area (Å²) >= 11 is 0. The van der Waals surface area contributed by atoms with Crippen molar-refractivity contribution in [2.75, 3.05) is 5.32 Å². The fourth-order valence-corrected chi connectivity index (χ4v) is 3.14. The van der Waals surface area contributed by atoms with E-state index < -0.39 is 0 Å². The van der Waals surface area contributed by atoms with Gasteiger partial charge in [0.05, 0.1) is 0 Å². The van der Waals surface area contributed by atoms with Crippen LogP contribution in [0.2, 0.25) is 0 Å². The summed E-state index contributed by atoms with van der Waals surface area (Å²) in [7, 11) is 0. The Morgan fingerprint density at radius 1 is 1.11 bits per heavy atom. The molecule has 3 rings (SSSR count). The topological polar surface area (TPSA) is 46.2 Å². The minimum atomic E-state index is 0.0684. The van der Waals surface area contributed by atoms with Crippen LogP contribution in [0.1, 0.15) is 54.4 Å². The van der Waals surface area contributed by atoms with Crippen LogP contribution in [0.15, 0.2) is 18.2 Å². The maximum Gasteiger partial charge on any atom is 0.224 e. The van der Waals surface area contributed by atoms with E-state index in [0.717, 1.165) is 36.1 Å². The van der Waals surface area contributed by atoms with Crippen LogP contribution in [0, 0.1) is 5.92 Å².